The minimum absolute atomic E-state index is 0.0184. The van der Waals surface area contributed by atoms with E-state index in [1.54, 1.807) is 33.5 Å². The summed E-state index contributed by atoms with van der Waals surface area (Å²) in [4.78, 5) is 12.2. The van der Waals surface area contributed by atoms with E-state index in [2.05, 4.69) is 29.6 Å². The van der Waals surface area contributed by atoms with Crippen LogP contribution in [0.2, 0.25) is 0 Å². The van der Waals surface area contributed by atoms with E-state index in [4.69, 9.17) is 18.6 Å². The van der Waals surface area contributed by atoms with Crippen LogP contribution in [0.15, 0.2) is 82.0 Å². The van der Waals surface area contributed by atoms with Gasteiger partial charge >= 0.3 is 5.63 Å². The van der Waals surface area contributed by atoms with Gasteiger partial charge < -0.3 is 23.9 Å². The molecule has 6 nitrogen and oxygen atoms in total. The average Bonchev–Trinajstić information content (AvgIpc) is 2.86. The van der Waals surface area contributed by atoms with Crippen LogP contribution in [0.1, 0.15) is 22.7 Å². The fourth-order valence-electron chi connectivity index (χ4n) is 3.86. The molecule has 0 spiro atoms. The van der Waals surface area contributed by atoms with Crippen LogP contribution in [-0.2, 0) is 13.0 Å². The summed E-state index contributed by atoms with van der Waals surface area (Å²) in [7, 11) is 4.90. The summed E-state index contributed by atoms with van der Waals surface area (Å²) in [5.41, 5.74) is 3.29. The predicted octanol–water partition coefficient (Wildman–Crippen LogP) is 4.89. The fraction of sp³-hybridized carbons (Fsp3) is 0.222. The van der Waals surface area contributed by atoms with Crippen LogP contribution in [0.4, 0.5) is 0 Å². The molecule has 0 aliphatic rings. The van der Waals surface area contributed by atoms with E-state index in [1.165, 1.54) is 5.56 Å². The molecule has 0 saturated heterocycles. The van der Waals surface area contributed by atoms with Crippen molar-refractivity contribution in [1.29, 1.82) is 0 Å². The summed E-state index contributed by atoms with van der Waals surface area (Å²) in [5, 5.41) is 4.51. The van der Waals surface area contributed by atoms with Crippen LogP contribution in [-0.4, -0.2) is 21.3 Å². The highest BCUT2D eigenvalue weighted by Gasteiger charge is 2.15. The smallest absolute Gasteiger partial charge is 0.336 e. The summed E-state index contributed by atoms with van der Waals surface area (Å²) in [5.74, 6) is 2.28. The minimum Gasteiger partial charge on any atom is -0.497 e. The molecule has 1 atom stereocenters. The van der Waals surface area contributed by atoms with Crippen molar-refractivity contribution in [3.8, 4) is 17.2 Å². The monoisotopic (exact) mass is 445 g/mol. The van der Waals surface area contributed by atoms with Crippen molar-refractivity contribution in [3.05, 3.63) is 99.9 Å². The normalized spacial score (nSPS) is 11.8. The molecule has 170 valence electrons. The lowest BCUT2D eigenvalue weighted by atomic mass is 9.98. The molecule has 6 heteroatoms. The highest BCUT2D eigenvalue weighted by Crippen LogP contribution is 2.26. The van der Waals surface area contributed by atoms with Gasteiger partial charge in [-0.3, -0.25) is 0 Å². The molecule has 4 rings (SSSR count). The Labute approximate surface area is 192 Å². The maximum absolute atomic E-state index is 12.2. The third-order valence-electron chi connectivity index (χ3n) is 5.69. The topological polar surface area (TPSA) is 69.9 Å². The van der Waals surface area contributed by atoms with E-state index in [0.717, 1.165) is 34.4 Å². The molecule has 0 bridgehead atoms. The number of nitrogens with one attached hydrogen (secondary N) is 1. The Morgan fingerprint density at radius 3 is 2.03 bits per heavy atom. The van der Waals surface area contributed by atoms with E-state index < -0.39 is 0 Å². The molecule has 4 aromatic rings. The van der Waals surface area contributed by atoms with Crippen LogP contribution in [0.3, 0.4) is 0 Å². The molecule has 0 radical (unpaired) electrons. The summed E-state index contributed by atoms with van der Waals surface area (Å²) >= 11 is 0. The summed E-state index contributed by atoms with van der Waals surface area (Å²) < 4.78 is 21.2. The number of methoxy groups -OCH3 is 3. The highest BCUT2D eigenvalue weighted by molar-refractivity contribution is 5.81. The van der Waals surface area contributed by atoms with Crippen LogP contribution < -0.4 is 25.2 Å². The lowest BCUT2D eigenvalue weighted by molar-refractivity contribution is 0.413. The van der Waals surface area contributed by atoms with Crippen LogP contribution in [0, 0.1) is 0 Å². The molecule has 0 amide bonds. The van der Waals surface area contributed by atoms with Gasteiger partial charge in [0.1, 0.15) is 22.8 Å². The quantitative estimate of drug-likeness (QED) is 0.370. The molecule has 3 aromatic carbocycles. The molecule has 0 saturated carbocycles. The van der Waals surface area contributed by atoms with Gasteiger partial charge in [0.25, 0.3) is 0 Å². The Balaban J connectivity index is 1.62. The third-order valence-corrected chi connectivity index (χ3v) is 5.69. The van der Waals surface area contributed by atoms with Gasteiger partial charge in [0.2, 0.25) is 0 Å². The minimum atomic E-state index is -0.385. The molecule has 1 heterocycles. The first-order valence-corrected chi connectivity index (χ1v) is 10.7. The van der Waals surface area contributed by atoms with Crippen molar-refractivity contribution < 1.29 is 18.6 Å². The van der Waals surface area contributed by atoms with Gasteiger partial charge in [0.05, 0.1) is 21.3 Å². The van der Waals surface area contributed by atoms with Crippen LogP contribution in [0.25, 0.3) is 11.0 Å². The molecule has 0 aliphatic heterocycles. The predicted molar refractivity (Wildman–Crippen MR) is 128 cm³/mol. The molecule has 1 aromatic heterocycles. The first-order chi connectivity index (χ1) is 16.1. The van der Waals surface area contributed by atoms with Crippen molar-refractivity contribution in [2.24, 2.45) is 0 Å². The molecular formula is C27H27NO5. The van der Waals surface area contributed by atoms with Gasteiger partial charge in [-0.25, -0.2) is 4.79 Å². The zero-order valence-electron chi connectivity index (χ0n) is 19.0. The Morgan fingerprint density at radius 2 is 1.39 bits per heavy atom. The van der Waals surface area contributed by atoms with E-state index in [1.807, 2.05) is 36.4 Å². The lowest BCUT2D eigenvalue weighted by Crippen LogP contribution is -2.23. The van der Waals surface area contributed by atoms with Gasteiger partial charge in [-0.05, 0) is 59.5 Å². The van der Waals surface area contributed by atoms with E-state index in [0.29, 0.717) is 17.9 Å². The standard InChI is InChI=1S/C27H27NO5/c1-30-21-8-4-18(5-9-21)14-25(19-6-10-22(31-2)11-7-19)28-17-20-15-27(29)33-26-16-23(32-3)12-13-24(20)26/h4-13,15-16,25,28H,14,17H2,1-3H3/t25-/m0/s1. The van der Waals surface area contributed by atoms with Gasteiger partial charge in [-0.1, -0.05) is 24.3 Å². The highest BCUT2D eigenvalue weighted by atomic mass is 16.5. The maximum atomic E-state index is 12.2. The molecule has 0 fully saturated rings. The summed E-state index contributed by atoms with van der Waals surface area (Å²) in [6.07, 6.45) is 0.767. The van der Waals surface area contributed by atoms with Crippen molar-refractivity contribution in [2.75, 3.05) is 21.3 Å². The second-order valence-electron chi connectivity index (χ2n) is 7.71. The summed E-state index contributed by atoms with van der Waals surface area (Å²) in [6, 6.07) is 23.2. The number of hydrogen-bond donors (Lipinski definition) is 1. The first kappa shape index (κ1) is 22.4. The van der Waals surface area contributed by atoms with Crippen LogP contribution >= 0.6 is 0 Å². The van der Waals surface area contributed by atoms with Crippen molar-refractivity contribution in [1.82, 2.24) is 5.32 Å². The lowest BCUT2D eigenvalue weighted by Gasteiger charge is -2.20. The number of benzene rings is 3. The van der Waals surface area contributed by atoms with Crippen molar-refractivity contribution in [3.63, 3.8) is 0 Å². The average molecular weight is 446 g/mol. The van der Waals surface area contributed by atoms with E-state index >= 15 is 0 Å². The van der Waals surface area contributed by atoms with Crippen molar-refractivity contribution in [2.45, 2.75) is 19.0 Å². The second-order valence-corrected chi connectivity index (χ2v) is 7.71. The van der Waals surface area contributed by atoms with Gasteiger partial charge in [0.15, 0.2) is 0 Å². The fourth-order valence-corrected chi connectivity index (χ4v) is 3.86. The van der Waals surface area contributed by atoms with Gasteiger partial charge in [-0.2, -0.15) is 0 Å². The molecule has 33 heavy (non-hydrogen) atoms. The zero-order chi connectivity index (χ0) is 23.2. The van der Waals surface area contributed by atoms with Gasteiger partial charge in [0, 0.05) is 30.1 Å². The number of ether oxygens (including phenoxy) is 3. The molecule has 1 N–H and O–H groups in total. The largest absolute Gasteiger partial charge is 0.497 e. The maximum Gasteiger partial charge on any atom is 0.336 e. The van der Waals surface area contributed by atoms with E-state index in [9.17, 15) is 4.79 Å². The van der Waals surface area contributed by atoms with Gasteiger partial charge in [-0.15, -0.1) is 0 Å². The Morgan fingerprint density at radius 1 is 0.788 bits per heavy atom. The molecular weight excluding hydrogens is 418 g/mol. The first-order valence-electron chi connectivity index (χ1n) is 10.7. The van der Waals surface area contributed by atoms with Crippen LogP contribution in [0.5, 0.6) is 17.2 Å². The molecule has 0 aliphatic carbocycles. The zero-order valence-corrected chi connectivity index (χ0v) is 19.0. The Kier molecular flexibility index (Phi) is 6.95. The second kappa shape index (κ2) is 10.2. The number of rotatable bonds is 9. The summed E-state index contributed by atoms with van der Waals surface area (Å²) in [6.45, 7) is 0.501. The Hall–Kier alpha value is -3.77. The number of hydrogen-bond acceptors (Lipinski definition) is 6. The van der Waals surface area contributed by atoms with Crippen molar-refractivity contribution >= 4 is 11.0 Å². The number of fused-ring (bicyclic) bond motifs is 1. The third kappa shape index (κ3) is 5.35. The molecule has 0 unspecified atom stereocenters. The SMILES string of the molecule is COc1ccc(C[C@H](NCc2cc(=O)oc3cc(OC)ccc23)c2ccc(OC)cc2)cc1. The Bertz CT molecular complexity index is 1260. The van der Waals surface area contributed by atoms with E-state index in [-0.39, 0.29) is 11.7 Å².